The Morgan fingerprint density at radius 2 is 2.04 bits per heavy atom. The number of alkyl halides is 3. The Balaban J connectivity index is 1.83. The predicted molar refractivity (Wildman–Crippen MR) is 94.4 cm³/mol. The van der Waals surface area contributed by atoms with Crippen LogP contribution in [0.25, 0.3) is 11.1 Å². The van der Waals surface area contributed by atoms with Crippen molar-refractivity contribution in [3.05, 3.63) is 42.1 Å². The van der Waals surface area contributed by atoms with Crippen LogP contribution in [0.2, 0.25) is 0 Å². The Morgan fingerprint density at radius 3 is 2.64 bits per heavy atom. The number of nitrogens with one attached hydrogen (secondary N) is 1. The minimum absolute atomic E-state index is 0.122. The van der Waals surface area contributed by atoms with Crippen molar-refractivity contribution in [2.75, 3.05) is 13.2 Å². The van der Waals surface area contributed by atoms with E-state index in [0.29, 0.717) is 17.9 Å². The second kappa shape index (κ2) is 7.21. The van der Waals surface area contributed by atoms with E-state index in [1.807, 2.05) is 13.8 Å². The Kier molecular flexibility index (Phi) is 5.10. The maximum atomic E-state index is 12.2. The van der Waals surface area contributed by atoms with Gasteiger partial charge in [-0.2, -0.15) is 13.2 Å². The third-order valence-electron chi connectivity index (χ3n) is 4.43. The number of fused-ring (bicyclic) bond motifs is 1. The van der Waals surface area contributed by atoms with Crippen LogP contribution in [0.3, 0.4) is 0 Å². The van der Waals surface area contributed by atoms with Crippen LogP contribution < -0.4 is 14.8 Å². The third-order valence-corrected chi connectivity index (χ3v) is 4.43. The molecule has 0 aliphatic carbocycles. The molecule has 0 radical (unpaired) electrons. The van der Waals surface area contributed by atoms with Crippen LogP contribution in [0.5, 0.6) is 11.6 Å². The smallest absolute Gasteiger partial charge is 0.422 e. The minimum Gasteiger partial charge on any atom is -0.493 e. The maximum absolute atomic E-state index is 12.2. The van der Waals surface area contributed by atoms with Crippen LogP contribution in [0.15, 0.2) is 36.5 Å². The van der Waals surface area contributed by atoms with E-state index in [9.17, 15) is 18.0 Å². The number of benzene rings is 1. The lowest BCUT2D eigenvalue weighted by Gasteiger charge is -2.39. The first-order valence-electron chi connectivity index (χ1n) is 8.47. The molecule has 0 saturated heterocycles. The van der Waals surface area contributed by atoms with Crippen molar-refractivity contribution in [1.29, 1.82) is 0 Å². The van der Waals surface area contributed by atoms with Gasteiger partial charge in [0.05, 0.1) is 12.6 Å². The molecule has 2 heterocycles. The molecule has 0 spiro atoms. The number of carboxylic acid groups (broad SMARTS) is 1. The zero-order chi connectivity index (χ0) is 20.5. The summed E-state index contributed by atoms with van der Waals surface area (Å²) in [5.41, 5.74) is 1.70. The standard InChI is InChI=1S/C19H19F3N2O4/c1-18(2)9-27-14-7-11(3-5-13(14)16(18)24-17(25)26)12-4-6-15(23-8-12)28-10-19(20,21)22/h3-8,16,24H,9-10H2,1-2H3,(H,25,26). The minimum atomic E-state index is -4.43. The van der Waals surface area contributed by atoms with E-state index in [1.54, 1.807) is 24.3 Å². The van der Waals surface area contributed by atoms with E-state index in [1.165, 1.54) is 12.3 Å². The van der Waals surface area contributed by atoms with E-state index in [0.717, 1.165) is 11.1 Å². The van der Waals surface area contributed by atoms with Gasteiger partial charge in [0.2, 0.25) is 5.88 Å². The highest BCUT2D eigenvalue weighted by atomic mass is 19.4. The molecule has 0 bridgehead atoms. The quantitative estimate of drug-likeness (QED) is 0.800. The molecule has 150 valence electrons. The number of hydrogen-bond acceptors (Lipinski definition) is 4. The highest BCUT2D eigenvalue weighted by Gasteiger charge is 2.38. The lowest BCUT2D eigenvalue weighted by molar-refractivity contribution is -0.154. The molecule has 28 heavy (non-hydrogen) atoms. The van der Waals surface area contributed by atoms with Gasteiger partial charge in [-0.25, -0.2) is 9.78 Å². The van der Waals surface area contributed by atoms with Crippen LogP contribution in [0.1, 0.15) is 25.5 Å². The third kappa shape index (κ3) is 4.47. The summed E-state index contributed by atoms with van der Waals surface area (Å²) in [6.45, 7) is 2.75. The van der Waals surface area contributed by atoms with Gasteiger partial charge >= 0.3 is 12.3 Å². The Morgan fingerprint density at radius 1 is 1.32 bits per heavy atom. The van der Waals surface area contributed by atoms with Crippen molar-refractivity contribution in [3.8, 4) is 22.8 Å². The average Bonchev–Trinajstić information content (AvgIpc) is 2.62. The van der Waals surface area contributed by atoms with Crippen LogP contribution in [0.4, 0.5) is 18.0 Å². The fourth-order valence-corrected chi connectivity index (χ4v) is 3.03. The van der Waals surface area contributed by atoms with E-state index in [2.05, 4.69) is 15.0 Å². The Hall–Kier alpha value is -2.97. The number of ether oxygens (including phenoxy) is 2. The first kappa shape index (κ1) is 19.8. The van der Waals surface area contributed by atoms with Crippen molar-refractivity contribution in [3.63, 3.8) is 0 Å². The van der Waals surface area contributed by atoms with Crippen LogP contribution >= 0.6 is 0 Å². The summed E-state index contributed by atoms with van der Waals surface area (Å²) in [5, 5.41) is 11.7. The molecule has 1 atom stereocenters. The summed E-state index contributed by atoms with van der Waals surface area (Å²) in [6, 6.07) is 7.85. The number of aromatic nitrogens is 1. The van der Waals surface area contributed by atoms with Gasteiger partial charge < -0.3 is 19.9 Å². The summed E-state index contributed by atoms with van der Waals surface area (Å²) in [7, 11) is 0. The number of carbonyl (C=O) groups is 1. The molecule has 1 aromatic heterocycles. The molecular weight excluding hydrogens is 377 g/mol. The van der Waals surface area contributed by atoms with Gasteiger partial charge in [0.15, 0.2) is 6.61 Å². The number of halogens is 3. The molecule has 1 aliphatic heterocycles. The summed E-state index contributed by atoms with van der Waals surface area (Å²) in [4.78, 5) is 15.1. The number of hydrogen-bond donors (Lipinski definition) is 2. The Bertz CT molecular complexity index is 866. The van der Waals surface area contributed by atoms with Gasteiger partial charge in [0, 0.05) is 28.8 Å². The number of nitrogens with zero attached hydrogens (tertiary/aromatic N) is 1. The second-order valence-electron chi connectivity index (χ2n) is 7.20. The molecule has 0 fully saturated rings. The van der Waals surface area contributed by atoms with Gasteiger partial charge in [0.1, 0.15) is 5.75 Å². The van der Waals surface area contributed by atoms with Gasteiger partial charge in [-0.3, -0.25) is 0 Å². The van der Waals surface area contributed by atoms with Crippen LogP contribution in [-0.2, 0) is 0 Å². The molecule has 1 amide bonds. The Labute approximate surface area is 159 Å². The van der Waals surface area contributed by atoms with E-state index >= 15 is 0 Å². The van der Waals surface area contributed by atoms with Crippen molar-refractivity contribution in [2.45, 2.75) is 26.1 Å². The lowest BCUT2D eigenvalue weighted by Crippen LogP contribution is -2.43. The zero-order valence-electron chi connectivity index (χ0n) is 15.2. The molecule has 2 N–H and O–H groups in total. The van der Waals surface area contributed by atoms with E-state index in [4.69, 9.17) is 9.84 Å². The van der Waals surface area contributed by atoms with Gasteiger partial charge in [-0.1, -0.05) is 26.0 Å². The van der Waals surface area contributed by atoms with Crippen molar-refractivity contribution in [1.82, 2.24) is 10.3 Å². The SMILES string of the molecule is CC1(C)COc2cc(-c3ccc(OCC(F)(F)F)nc3)ccc2C1NC(=O)O. The summed E-state index contributed by atoms with van der Waals surface area (Å²) in [5.74, 6) is 0.427. The maximum Gasteiger partial charge on any atom is 0.422 e. The lowest BCUT2D eigenvalue weighted by atomic mass is 9.78. The molecular formula is C19H19F3N2O4. The molecule has 6 nitrogen and oxygen atoms in total. The van der Waals surface area contributed by atoms with Crippen molar-refractivity contribution in [2.24, 2.45) is 5.41 Å². The molecule has 1 unspecified atom stereocenters. The highest BCUT2D eigenvalue weighted by molar-refractivity contribution is 5.68. The summed E-state index contributed by atoms with van der Waals surface area (Å²) >= 11 is 0. The number of amides is 1. The molecule has 9 heteroatoms. The summed E-state index contributed by atoms with van der Waals surface area (Å²) in [6.07, 6.45) is -4.13. The topological polar surface area (TPSA) is 80.7 Å². The van der Waals surface area contributed by atoms with Gasteiger partial charge in [-0.15, -0.1) is 0 Å². The van der Waals surface area contributed by atoms with Gasteiger partial charge in [-0.05, 0) is 17.7 Å². The highest BCUT2D eigenvalue weighted by Crippen LogP contribution is 2.44. The first-order valence-corrected chi connectivity index (χ1v) is 8.47. The second-order valence-corrected chi connectivity index (χ2v) is 7.20. The van der Waals surface area contributed by atoms with Crippen LogP contribution in [-0.4, -0.2) is 35.6 Å². The largest absolute Gasteiger partial charge is 0.493 e. The van der Waals surface area contributed by atoms with E-state index < -0.39 is 30.3 Å². The average molecular weight is 396 g/mol. The van der Waals surface area contributed by atoms with Gasteiger partial charge in [0.25, 0.3) is 0 Å². The molecule has 0 saturated carbocycles. The van der Waals surface area contributed by atoms with Crippen LogP contribution in [0, 0.1) is 5.41 Å². The molecule has 2 aromatic rings. The fraction of sp³-hybridized carbons (Fsp3) is 0.368. The van der Waals surface area contributed by atoms with Crippen molar-refractivity contribution >= 4 is 6.09 Å². The first-order chi connectivity index (χ1) is 13.0. The predicted octanol–water partition coefficient (Wildman–Crippen LogP) is 4.42. The molecule has 1 aliphatic rings. The number of pyridine rings is 1. The molecule has 3 rings (SSSR count). The van der Waals surface area contributed by atoms with E-state index in [-0.39, 0.29) is 5.88 Å². The zero-order valence-corrected chi connectivity index (χ0v) is 15.2. The molecule has 1 aromatic carbocycles. The monoisotopic (exact) mass is 396 g/mol. The summed E-state index contributed by atoms with van der Waals surface area (Å²) < 4.78 is 47.0. The fourth-order valence-electron chi connectivity index (χ4n) is 3.03. The number of rotatable bonds is 4. The van der Waals surface area contributed by atoms with Crippen molar-refractivity contribution < 1.29 is 32.5 Å². The normalized spacial score (nSPS) is 18.0.